The minimum absolute atomic E-state index is 0.228. The maximum Gasteiger partial charge on any atom is 0.342 e. The van der Waals surface area contributed by atoms with E-state index in [1.54, 1.807) is 12.1 Å². The molecule has 0 spiro atoms. The first-order valence-corrected chi connectivity index (χ1v) is 7.88. The van der Waals surface area contributed by atoms with E-state index in [0.29, 0.717) is 12.3 Å². The molecule has 0 aliphatic carbocycles. The van der Waals surface area contributed by atoms with Crippen LogP contribution in [0.15, 0.2) is 36.4 Å². The van der Waals surface area contributed by atoms with Crippen LogP contribution in [0.4, 0.5) is 4.79 Å². The number of methoxy groups -OCH3 is 1. The number of ether oxygens (including phenoxy) is 2. The van der Waals surface area contributed by atoms with Gasteiger partial charge in [0.2, 0.25) is 0 Å². The molecule has 0 radical (unpaired) electrons. The summed E-state index contributed by atoms with van der Waals surface area (Å²) in [6.45, 7) is 2.10. The van der Waals surface area contributed by atoms with Gasteiger partial charge in [-0.25, -0.2) is 9.59 Å². The summed E-state index contributed by atoms with van der Waals surface area (Å²) in [5.41, 5.74) is 0.228. The predicted molar refractivity (Wildman–Crippen MR) is 90.5 cm³/mol. The lowest BCUT2D eigenvalue weighted by Crippen LogP contribution is -2.41. The van der Waals surface area contributed by atoms with Crippen molar-refractivity contribution in [2.75, 3.05) is 20.2 Å². The number of rotatable bonds is 4. The molecule has 2 aromatic carbocycles. The van der Waals surface area contributed by atoms with Crippen LogP contribution in [0.1, 0.15) is 17.3 Å². The molecule has 3 amide bonds. The van der Waals surface area contributed by atoms with Crippen molar-refractivity contribution < 1.29 is 23.9 Å². The van der Waals surface area contributed by atoms with Gasteiger partial charge in [0.15, 0.2) is 6.10 Å². The minimum atomic E-state index is -1.08. The fraction of sp³-hybridized carbons (Fsp3) is 0.278. The highest BCUT2D eigenvalue weighted by Crippen LogP contribution is 2.27. The van der Waals surface area contributed by atoms with Crippen molar-refractivity contribution in [1.82, 2.24) is 10.2 Å². The summed E-state index contributed by atoms with van der Waals surface area (Å²) in [6, 6.07) is 10.5. The second-order valence-electron chi connectivity index (χ2n) is 5.67. The molecule has 7 heteroatoms. The van der Waals surface area contributed by atoms with E-state index >= 15 is 0 Å². The van der Waals surface area contributed by atoms with E-state index in [2.05, 4.69) is 5.32 Å². The van der Waals surface area contributed by atoms with Crippen LogP contribution >= 0.6 is 0 Å². The Kier molecular flexibility index (Phi) is 4.56. The zero-order valence-electron chi connectivity index (χ0n) is 13.9. The van der Waals surface area contributed by atoms with Gasteiger partial charge in [-0.3, -0.25) is 9.69 Å². The number of urea groups is 1. The largest absolute Gasteiger partial charge is 0.496 e. The number of benzene rings is 2. The monoisotopic (exact) mass is 342 g/mol. The van der Waals surface area contributed by atoms with Crippen molar-refractivity contribution in [3.8, 4) is 5.75 Å². The van der Waals surface area contributed by atoms with Crippen molar-refractivity contribution >= 4 is 28.7 Å². The van der Waals surface area contributed by atoms with E-state index in [-0.39, 0.29) is 12.1 Å². The summed E-state index contributed by atoms with van der Waals surface area (Å²) >= 11 is 0. The van der Waals surface area contributed by atoms with E-state index in [1.807, 2.05) is 24.3 Å². The number of hydrogen-bond acceptors (Lipinski definition) is 5. The normalized spacial score (nSPS) is 15.0. The van der Waals surface area contributed by atoms with E-state index in [4.69, 9.17) is 9.47 Å². The third-order valence-corrected chi connectivity index (χ3v) is 4.04. The maximum atomic E-state index is 12.5. The first kappa shape index (κ1) is 16.8. The highest BCUT2D eigenvalue weighted by Gasteiger charge is 2.32. The molecule has 1 N–H and O–H groups in total. The van der Waals surface area contributed by atoms with Gasteiger partial charge in [0.05, 0.1) is 7.11 Å². The molecule has 7 nitrogen and oxygen atoms in total. The average molecular weight is 342 g/mol. The van der Waals surface area contributed by atoms with Gasteiger partial charge in [0, 0.05) is 13.1 Å². The fourth-order valence-corrected chi connectivity index (χ4v) is 2.72. The Balaban J connectivity index is 1.81. The van der Waals surface area contributed by atoms with Crippen LogP contribution in [-0.2, 0) is 9.53 Å². The number of hydrogen-bond donors (Lipinski definition) is 1. The van der Waals surface area contributed by atoms with Gasteiger partial charge in [-0.15, -0.1) is 0 Å². The molecular formula is C18H18N2O5. The molecule has 130 valence electrons. The van der Waals surface area contributed by atoms with Crippen molar-refractivity contribution in [3.63, 3.8) is 0 Å². The van der Waals surface area contributed by atoms with Crippen LogP contribution in [0.2, 0.25) is 0 Å². The van der Waals surface area contributed by atoms with Crippen molar-refractivity contribution in [3.05, 3.63) is 42.0 Å². The maximum absolute atomic E-state index is 12.5. The van der Waals surface area contributed by atoms with Gasteiger partial charge < -0.3 is 14.8 Å². The van der Waals surface area contributed by atoms with Gasteiger partial charge in [-0.2, -0.15) is 0 Å². The van der Waals surface area contributed by atoms with Gasteiger partial charge in [0.1, 0.15) is 11.3 Å². The van der Waals surface area contributed by atoms with Gasteiger partial charge >= 0.3 is 12.0 Å². The lowest BCUT2D eigenvalue weighted by Gasteiger charge is -2.19. The Labute approximate surface area is 144 Å². The fourth-order valence-electron chi connectivity index (χ4n) is 2.72. The average Bonchev–Trinajstić information content (AvgIpc) is 3.05. The van der Waals surface area contributed by atoms with Gasteiger partial charge in [-0.1, -0.05) is 24.3 Å². The van der Waals surface area contributed by atoms with Crippen LogP contribution in [0.5, 0.6) is 5.75 Å². The Morgan fingerprint density at radius 1 is 1.20 bits per heavy atom. The SMILES string of the molecule is COc1cc2ccccc2cc1C(=O)OC(C)C(=O)N1CCNC1=O. The second-order valence-corrected chi connectivity index (χ2v) is 5.67. The van der Waals surface area contributed by atoms with Crippen LogP contribution < -0.4 is 10.1 Å². The van der Waals surface area contributed by atoms with Crippen molar-refractivity contribution in [2.24, 2.45) is 0 Å². The Bertz CT molecular complexity index is 848. The summed E-state index contributed by atoms with van der Waals surface area (Å²) in [5, 5.41) is 4.31. The number of nitrogens with one attached hydrogen (secondary N) is 1. The molecule has 1 saturated heterocycles. The van der Waals surface area contributed by atoms with Crippen LogP contribution in [0.3, 0.4) is 0 Å². The van der Waals surface area contributed by atoms with Gasteiger partial charge in [-0.05, 0) is 29.8 Å². The summed E-state index contributed by atoms with van der Waals surface area (Å²) in [6.07, 6.45) is -1.08. The van der Waals surface area contributed by atoms with Crippen LogP contribution in [-0.4, -0.2) is 49.1 Å². The summed E-state index contributed by atoms with van der Waals surface area (Å²) in [4.78, 5) is 37.3. The van der Waals surface area contributed by atoms with E-state index in [9.17, 15) is 14.4 Å². The van der Waals surface area contributed by atoms with Gasteiger partial charge in [0.25, 0.3) is 5.91 Å². The number of nitrogens with zero attached hydrogens (tertiary/aromatic N) is 1. The molecule has 3 rings (SSSR count). The highest BCUT2D eigenvalue weighted by molar-refractivity contribution is 6.02. The highest BCUT2D eigenvalue weighted by atomic mass is 16.5. The number of carbonyl (C=O) groups excluding carboxylic acids is 3. The number of amides is 3. The van der Waals surface area contributed by atoms with Crippen molar-refractivity contribution in [1.29, 1.82) is 0 Å². The Hall–Kier alpha value is -3.09. The molecule has 1 aliphatic heterocycles. The predicted octanol–water partition coefficient (Wildman–Crippen LogP) is 1.95. The summed E-state index contributed by atoms with van der Waals surface area (Å²) in [7, 11) is 1.46. The van der Waals surface area contributed by atoms with E-state index in [0.717, 1.165) is 15.7 Å². The number of carbonyl (C=O) groups is 3. The van der Waals surface area contributed by atoms with E-state index in [1.165, 1.54) is 14.0 Å². The molecule has 25 heavy (non-hydrogen) atoms. The summed E-state index contributed by atoms with van der Waals surface area (Å²) in [5.74, 6) is -0.867. The second kappa shape index (κ2) is 6.80. The molecule has 1 aliphatic rings. The molecule has 0 aromatic heterocycles. The lowest BCUT2D eigenvalue weighted by molar-refractivity contribution is -0.136. The van der Waals surface area contributed by atoms with Crippen LogP contribution in [0, 0.1) is 0 Å². The molecular weight excluding hydrogens is 324 g/mol. The minimum Gasteiger partial charge on any atom is -0.496 e. The third kappa shape index (κ3) is 3.26. The first-order valence-electron chi connectivity index (χ1n) is 7.88. The molecule has 0 saturated carbocycles. The Morgan fingerprint density at radius 3 is 2.48 bits per heavy atom. The zero-order valence-corrected chi connectivity index (χ0v) is 13.9. The molecule has 2 aromatic rings. The molecule has 1 fully saturated rings. The standard InChI is InChI=1S/C18H18N2O5/c1-11(16(21)20-8-7-19-18(20)23)25-17(22)14-9-12-5-3-4-6-13(12)10-15(14)24-2/h3-6,9-11H,7-8H2,1-2H3,(H,19,23). The molecule has 1 unspecified atom stereocenters. The number of esters is 1. The topological polar surface area (TPSA) is 84.9 Å². The third-order valence-electron chi connectivity index (χ3n) is 4.04. The van der Waals surface area contributed by atoms with Crippen molar-refractivity contribution in [2.45, 2.75) is 13.0 Å². The number of fused-ring (bicyclic) bond motifs is 1. The van der Waals surface area contributed by atoms with E-state index < -0.39 is 24.0 Å². The quantitative estimate of drug-likeness (QED) is 0.859. The molecule has 1 heterocycles. The zero-order chi connectivity index (χ0) is 18.0. The first-order chi connectivity index (χ1) is 12.0. The smallest absolute Gasteiger partial charge is 0.342 e. The molecule has 0 bridgehead atoms. The number of imide groups is 1. The lowest BCUT2D eigenvalue weighted by atomic mass is 10.1. The molecule has 1 atom stereocenters. The Morgan fingerprint density at radius 2 is 1.88 bits per heavy atom. The summed E-state index contributed by atoms with van der Waals surface area (Å²) < 4.78 is 10.5. The van der Waals surface area contributed by atoms with Crippen LogP contribution in [0.25, 0.3) is 10.8 Å².